The Morgan fingerprint density at radius 2 is 1.22 bits per heavy atom. The number of rotatable bonds is 11. The van der Waals surface area contributed by atoms with Gasteiger partial charge in [-0.2, -0.15) is 0 Å². The first-order valence-electron chi connectivity index (χ1n) is 24.7. The van der Waals surface area contributed by atoms with Crippen molar-refractivity contribution >= 4 is 23.9 Å². The van der Waals surface area contributed by atoms with Crippen LogP contribution in [0.3, 0.4) is 0 Å². The van der Waals surface area contributed by atoms with E-state index < -0.39 is 5.54 Å². The summed E-state index contributed by atoms with van der Waals surface area (Å²) in [6.45, 7) is 23.3. The first kappa shape index (κ1) is 45.2. The third-order valence-corrected chi connectivity index (χ3v) is 17.5. The lowest BCUT2D eigenvalue weighted by atomic mass is 9.57. The van der Waals surface area contributed by atoms with Gasteiger partial charge in [0.05, 0.1) is 18.8 Å². The van der Waals surface area contributed by atoms with E-state index in [2.05, 4.69) is 127 Å². The van der Waals surface area contributed by atoms with Crippen LogP contribution >= 0.6 is 0 Å². The van der Waals surface area contributed by atoms with E-state index in [1.54, 1.807) is 20.9 Å². The summed E-state index contributed by atoms with van der Waals surface area (Å²) < 4.78 is 0. The maximum Gasteiger partial charge on any atom is 0.327 e. The Morgan fingerprint density at radius 1 is 0.612 bits per heavy atom. The van der Waals surface area contributed by atoms with Gasteiger partial charge in [-0.05, 0) is 157 Å². The second-order valence-corrected chi connectivity index (χ2v) is 23.8. The Labute approximate surface area is 397 Å². The number of aromatic nitrogens is 1. The first-order chi connectivity index (χ1) is 31.4. The summed E-state index contributed by atoms with van der Waals surface area (Å²) in [6, 6.07) is 22.4. The van der Waals surface area contributed by atoms with Crippen LogP contribution in [-0.4, -0.2) is 62.7 Å². The average Bonchev–Trinajstić information content (AvgIpc) is 4.22. The molecule has 2 atom stereocenters. The van der Waals surface area contributed by atoms with Gasteiger partial charge in [-0.25, -0.2) is 9.59 Å². The molecule has 2 aliphatic heterocycles. The number of hydrogen-bond donors (Lipinski definition) is 1. The smallest absolute Gasteiger partial charge is 0.324 e. The molecule has 0 radical (unpaired) electrons. The van der Waals surface area contributed by atoms with Crippen LogP contribution in [0.5, 0.6) is 0 Å². The van der Waals surface area contributed by atoms with Crippen LogP contribution in [0.4, 0.5) is 9.59 Å². The summed E-state index contributed by atoms with van der Waals surface area (Å²) in [5, 5.41) is 2.81. The number of hydrogen-bond acceptors (Lipinski definition) is 5. The van der Waals surface area contributed by atoms with Gasteiger partial charge in [0.25, 0.3) is 11.8 Å². The van der Waals surface area contributed by atoms with Crippen molar-refractivity contribution in [2.24, 2.45) is 0 Å². The minimum absolute atomic E-state index is 0.00397. The molecule has 4 fully saturated rings. The molecule has 67 heavy (non-hydrogen) atoms. The fourth-order valence-corrected chi connectivity index (χ4v) is 12.5. The quantitative estimate of drug-likeness (QED) is 0.119. The molecule has 2 saturated carbocycles. The molecule has 3 heterocycles. The molecule has 3 aromatic carbocycles. The van der Waals surface area contributed by atoms with Crippen LogP contribution in [0.15, 0.2) is 79.0 Å². The van der Waals surface area contributed by atoms with E-state index in [-0.39, 0.29) is 76.0 Å². The number of pyridine rings is 1. The van der Waals surface area contributed by atoms with E-state index in [0.29, 0.717) is 0 Å². The zero-order valence-electron chi connectivity index (χ0n) is 41.7. The van der Waals surface area contributed by atoms with Gasteiger partial charge in [-0.3, -0.25) is 24.4 Å². The predicted octanol–water partition coefficient (Wildman–Crippen LogP) is 11.0. The third kappa shape index (κ3) is 7.27. The van der Waals surface area contributed by atoms with Crippen molar-refractivity contribution < 1.29 is 19.2 Å². The van der Waals surface area contributed by atoms with Crippen molar-refractivity contribution in [1.82, 2.24) is 25.0 Å². The number of nitrogens with one attached hydrogen (secondary N) is 1. The monoisotopic (exact) mass is 900 g/mol. The fraction of sp³-hybridized carbons (Fsp3) is 0.500. The summed E-state index contributed by atoms with van der Waals surface area (Å²) in [7, 11) is 1.66. The third-order valence-electron chi connectivity index (χ3n) is 17.5. The van der Waals surface area contributed by atoms with E-state index in [9.17, 15) is 19.2 Å². The Bertz CT molecular complexity index is 2790. The van der Waals surface area contributed by atoms with E-state index in [1.807, 2.05) is 12.3 Å². The van der Waals surface area contributed by atoms with Crippen LogP contribution < -0.4 is 5.32 Å². The molecule has 1 N–H and O–H groups in total. The highest BCUT2D eigenvalue weighted by molar-refractivity contribution is 6.06. The van der Waals surface area contributed by atoms with E-state index in [4.69, 9.17) is 4.98 Å². The molecule has 10 rings (SSSR count). The van der Waals surface area contributed by atoms with Crippen LogP contribution in [0.1, 0.15) is 174 Å². The second kappa shape index (κ2) is 15.0. The molecule has 2 unspecified atom stereocenters. The second-order valence-electron chi connectivity index (χ2n) is 23.8. The van der Waals surface area contributed by atoms with Gasteiger partial charge in [0.1, 0.15) is 12.1 Å². The average molecular weight is 900 g/mol. The number of aryl methyl sites for hydroxylation is 2. The van der Waals surface area contributed by atoms with Crippen molar-refractivity contribution in [2.45, 2.75) is 172 Å². The molecule has 4 aromatic rings. The molecule has 0 spiro atoms. The Kier molecular flexibility index (Phi) is 10.1. The molecular formula is C58H69N5O4. The van der Waals surface area contributed by atoms with Gasteiger partial charge >= 0.3 is 12.1 Å². The number of nitrogens with zero attached hydrogens (tertiary/aromatic N) is 4. The zero-order chi connectivity index (χ0) is 47.9. The van der Waals surface area contributed by atoms with Crippen molar-refractivity contribution in [1.29, 1.82) is 0 Å². The van der Waals surface area contributed by atoms with E-state index in [0.717, 1.165) is 68.2 Å². The summed E-state index contributed by atoms with van der Waals surface area (Å²) in [5.74, 6) is -0.362. The Morgan fingerprint density at radius 3 is 1.81 bits per heavy atom. The van der Waals surface area contributed by atoms with Crippen LogP contribution in [0.25, 0.3) is 0 Å². The molecular weight excluding hydrogens is 831 g/mol. The molecule has 6 amide bonds. The zero-order valence-corrected chi connectivity index (χ0v) is 41.7. The highest BCUT2D eigenvalue weighted by atomic mass is 16.2. The number of likely N-dealkylation sites (N-methyl/N-ethyl adjacent to an activating group) is 1. The molecule has 4 aliphatic carbocycles. The van der Waals surface area contributed by atoms with Gasteiger partial charge < -0.3 is 10.2 Å². The highest BCUT2D eigenvalue weighted by Crippen LogP contribution is 2.59. The Hall–Kier alpha value is -5.57. The van der Waals surface area contributed by atoms with Crippen molar-refractivity contribution in [2.75, 3.05) is 13.6 Å². The van der Waals surface area contributed by atoms with Gasteiger partial charge in [-0.15, -0.1) is 0 Å². The number of carbonyl (C=O) groups is 4. The van der Waals surface area contributed by atoms with Gasteiger partial charge in [0, 0.05) is 34.9 Å². The Balaban J connectivity index is 0.918. The van der Waals surface area contributed by atoms with Crippen LogP contribution in [-0.2, 0) is 55.2 Å². The number of allylic oxidation sites excluding steroid dienone is 2. The number of fused-ring (bicyclic) bond motifs is 2. The molecule has 6 aliphatic rings. The van der Waals surface area contributed by atoms with E-state index in [1.165, 1.54) is 64.8 Å². The minimum atomic E-state index is -0.881. The van der Waals surface area contributed by atoms with Crippen LogP contribution in [0, 0.1) is 13.8 Å². The van der Waals surface area contributed by atoms with Crippen molar-refractivity contribution in [3.05, 3.63) is 146 Å². The summed E-state index contributed by atoms with van der Waals surface area (Å²) in [6.07, 6.45) is 15.5. The largest absolute Gasteiger partial charge is 0.327 e. The minimum Gasteiger partial charge on any atom is -0.324 e. The van der Waals surface area contributed by atoms with Crippen molar-refractivity contribution in [3.8, 4) is 0 Å². The maximum absolute atomic E-state index is 12.9. The molecule has 9 nitrogen and oxygen atoms in total. The fourth-order valence-electron chi connectivity index (χ4n) is 12.5. The predicted molar refractivity (Wildman–Crippen MR) is 263 cm³/mol. The summed E-state index contributed by atoms with van der Waals surface area (Å²) >= 11 is 0. The van der Waals surface area contributed by atoms with Gasteiger partial charge in [0.2, 0.25) is 0 Å². The van der Waals surface area contributed by atoms with Gasteiger partial charge in [-0.1, -0.05) is 108 Å². The number of amides is 6. The number of benzene rings is 3. The standard InChI is InChI=1S/C58H69N5O4/c1-36-28-43-46(31-41(36)57(24-25-57)40-15-12-38(13-16-40)33-63-49(65)54(7,8)60-50(63)66)56(10,21-18-52(43,3)4)23-22-55(9)20-19-53(5,6)44-30-42(37(2)29-45(44)55)58(26-27-58)47-17-14-39(32-59-47)34-62-48(64)35-61(11)51(62)67/h12-17,19-20,28-32H,18,21-27,33-35H2,1-11H3,(H,60,66). The lowest BCUT2D eigenvalue weighted by molar-refractivity contribution is -0.130. The number of urea groups is 2. The molecule has 0 bridgehead atoms. The topological polar surface area (TPSA) is 103 Å². The van der Waals surface area contributed by atoms with Crippen molar-refractivity contribution in [3.63, 3.8) is 0 Å². The maximum atomic E-state index is 12.9. The summed E-state index contributed by atoms with van der Waals surface area (Å²) in [4.78, 5) is 59.7. The number of carbonyl (C=O) groups excluding carboxylic acids is 4. The lowest BCUT2D eigenvalue weighted by Gasteiger charge is -2.47. The lowest BCUT2D eigenvalue weighted by Crippen LogP contribution is -2.40. The molecule has 9 heteroatoms. The summed E-state index contributed by atoms with van der Waals surface area (Å²) in [5.41, 5.74) is 14.3. The SMILES string of the molecule is Cc1cc2c(cc1C1(c3ccc(CN4C(=O)NC(C)(C)C4=O)cc3)CC1)C(C)(CCC1(C)C=CC(C)(C)c3cc(C4(c5ccc(CN6C(=O)CN(C)C6=O)cn5)CC4)c(C)cc31)CCC2(C)C. The van der Waals surface area contributed by atoms with E-state index >= 15 is 0 Å². The van der Waals surface area contributed by atoms with Crippen LogP contribution in [0.2, 0.25) is 0 Å². The number of imide groups is 2. The normalized spacial score (nSPS) is 25.9. The molecule has 1 aromatic heterocycles. The molecule has 350 valence electrons. The highest BCUT2D eigenvalue weighted by Gasteiger charge is 2.52. The first-order valence-corrected chi connectivity index (χ1v) is 24.7. The molecule has 2 saturated heterocycles. The van der Waals surface area contributed by atoms with Gasteiger partial charge in [0.15, 0.2) is 0 Å².